The molecule has 4 saturated carbocycles. The first-order valence-electron chi connectivity index (χ1n) is 15.0. The van der Waals surface area contributed by atoms with E-state index in [4.69, 9.17) is 4.74 Å². The third-order valence-electron chi connectivity index (χ3n) is 11.8. The summed E-state index contributed by atoms with van der Waals surface area (Å²) < 4.78 is 5.98. The highest BCUT2D eigenvalue weighted by Gasteiger charge is 2.70. The summed E-state index contributed by atoms with van der Waals surface area (Å²) in [7, 11) is 0. The van der Waals surface area contributed by atoms with Crippen molar-refractivity contribution in [3.05, 3.63) is 0 Å². The second-order valence-electron chi connectivity index (χ2n) is 14.1. The van der Waals surface area contributed by atoms with Crippen molar-refractivity contribution in [1.29, 1.82) is 0 Å². The molecule has 206 valence electrons. The smallest absolute Gasteiger partial charge is 0.303 e. The molecule has 0 heterocycles. The zero-order valence-electron chi connectivity index (χ0n) is 24.1. The van der Waals surface area contributed by atoms with Crippen LogP contribution >= 0.6 is 0 Å². The summed E-state index contributed by atoms with van der Waals surface area (Å²) >= 11 is 0. The molecule has 4 fully saturated rings. The maximum absolute atomic E-state index is 12.5. The van der Waals surface area contributed by atoms with E-state index in [0.29, 0.717) is 23.2 Å². The van der Waals surface area contributed by atoms with E-state index in [1.165, 1.54) is 52.4 Å². The van der Waals surface area contributed by atoms with Crippen LogP contribution in [-0.4, -0.2) is 34.7 Å². The number of carbonyl (C=O) groups excluding carboxylic acids is 2. The lowest BCUT2D eigenvalue weighted by Crippen LogP contribution is -2.75. The van der Waals surface area contributed by atoms with Crippen LogP contribution in [-0.2, 0) is 14.3 Å². The van der Waals surface area contributed by atoms with Gasteiger partial charge >= 0.3 is 5.97 Å². The Bertz CT molecular complexity index is 827. The minimum atomic E-state index is -1.22. The van der Waals surface area contributed by atoms with Gasteiger partial charge in [-0.2, -0.15) is 0 Å². The first kappa shape index (κ1) is 27.9. The number of carbonyl (C=O) groups is 2. The van der Waals surface area contributed by atoms with Gasteiger partial charge in [0.15, 0.2) is 0 Å². The molecular formula is C31H53NO4. The van der Waals surface area contributed by atoms with Gasteiger partial charge in [0, 0.05) is 19.3 Å². The highest BCUT2D eigenvalue weighted by Crippen LogP contribution is 2.69. The molecule has 1 amide bonds. The molecule has 0 unspecified atom stereocenters. The van der Waals surface area contributed by atoms with Crippen molar-refractivity contribution < 1.29 is 19.4 Å². The first-order chi connectivity index (χ1) is 16.8. The van der Waals surface area contributed by atoms with Crippen LogP contribution in [0.15, 0.2) is 0 Å². The van der Waals surface area contributed by atoms with Crippen LogP contribution in [0.1, 0.15) is 119 Å². The lowest BCUT2D eigenvalue weighted by Gasteiger charge is -2.66. The highest BCUT2D eigenvalue weighted by atomic mass is 16.6. The van der Waals surface area contributed by atoms with Crippen LogP contribution in [0.3, 0.4) is 0 Å². The average molecular weight is 504 g/mol. The van der Waals surface area contributed by atoms with Crippen LogP contribution in [0.4, 0.5) is 0 Å². The third kappa shape index (κ3) is 4.54. The molecule has 5 heteroatoms. The Labute approximate surface area is 219 Å². The Morgan fingerprint density at radius 3 is 2.36 bits per heavy atom. The van der Waals surface area contributed by atoms with Crippen LogP contribution in [0.2, 0.25) is 0 Å². The molecule has 0 radical (unpaired) electrons. The first-order valence-corrected chi connectivity index (χ1v) is 15.0. The van der Waals surface area contributed by atoms with Gasteiger partial charge in [0.2, 0.25) is 5.91 Å². The van der Waals surface area contributed by atoms with Crippen LogP contribution in [0, 0.1) is 46.3 Å². The molecule has 0 bridgehead atoms. The Balaban J connectivity index is 1.63. The second-order valence-corrected chi connectivity index (χ2v) is 14.1. The molecule has 0 aromatic carbocycles. The molecule has 0 aromatic rings. The number of nitrogens with one attached hydrogen (secondary N) is 1. The zero-order valence-corrected chi connectivity index (χ0v) is 24.1. The van der Waals surface area contributed by atoms with Crippen LogP contribution < -0.4 is 5.32 Å². The molecule has 4 aliphatic rings. The van der Waals surface area contributed by atoms with Crippen molar-refractivity contribution in [2.24, 2.45) is 46.3 Å². The minimum Gasteiger partial charge on any atom is -0.459 e. The van der Waals surface area contributed by atoms with E-state index in [1.807, 2.05) is 0 Å². The molecule has 4 aliphatic carbocycles. The summed E-state index contributed by atoms with van der Waals surface area (Å²) in [6.07, 6.45) is 11.7. The Morgan fingerprint density at radius 1 is 1.00 bits per heavy atom. The summed E-state index contributed by atoms with van der Waals surface area (Å²) in [5.74, 6) is 3.31. The lowest BCUT2D eigenvalue weighted by atomic mass is 9.41. The average Bonchev–Trinajstić information content (AvgIpc) is 3.12. The number of amides is 1. The predicted octanol–water partition coefficient (Wildman–Crippen LogP) is 6.27. The Morgan fingerprint density at radius 2 is 1.72 bits per heavy atom. The maximum atomic E-state index is 12.5. The van der Waals surface area contributed by atoms with Crippen molar-refractivity contribution in [3.63, 3.8) is 0 Å². The van der Waals surface area contributed by atoms with Gasteiger partial charge in [-0.1, -0.05) is 60.3 Å². The van der Waals surface area contributed by atoms with Gasteiger partial charge in [-0.3, -0.25) is 9.59 Å². The molecule has 0 saturated heterocycles. The van der Waals surface area contributed by atoms with E-state index >= 15 is 0 Å². The molecule has 4 rings (SSSR count). The van der Waals surface area contributed by atoms with Gasteiger partial charge in [-0.25, -0.2) is 0 Å². The fourth-order valence-electron chi connectivity index (χ4n) is 10.2. The van der Waals surface area contributed by atoms with E-state index in [9.17, 15) is 14.7 Å². The van der Waals surface area contributed by atoms with E-state index in [0.717, 1.165) is 49.9 Å². The van der Waals surface area contributed by atoms with E-state index < -0.39 is 11.7 Å². The maximum Gasteiger partial charge on any atom is 0.303 e. The van der Waals surface area contributed by atoms with Gasteiger partial charge < -0.3 is 15.2 Å². The monoisotopic (exact) mass is 503 g/mol. The number of aliphatic hydroxyl groups is 1. The summed E-state index contributed by atoms with van der Waals surface area (Å²) in [5, 5.41) is 15.6. The molecule has 2 N–H and O–H groups in total. The minimum absolute atomic E-state index is 0.123. The fraction of sp³-hybridized carbons (Fsp3) is 0.935. The molecule has 0 spiro atoms. The van der Waals surface area contributed by atoms with Gasteiger partial charge in [-0.05, 0) is 85.9 Å². The Hall–Kier alpha value is -1.10. The second kappa shape index (κ2) is 10.2. The lowest BCUT2D eigenvalue weighted by molar-refractivity contribution is -0.268. The van der Waals surface area contributed by atoms with Crippen molar-refractivity contribution >= 4 is 11.9 Å². The fourth-order valence-corrected chi connectivity index (χ4v) is 10.2. The van der Waals surface area contributed by atoms with E-state index in [2.05, 4.69) is 39.9 Å². The number of rotatable bonds is 7. The van der Waals surface area contributed by atoms with Crippen LogP contribution in [0.25, 0.3) is 0 Å². The van der Waals surface area contributed by atoms with Gasteiger partial charge in [0.1, 0.15) is 11.7 Å². The zero-order chi connectivity index (χ0) is 26.5. The molecule has 10 atom stereocenters. The number of esters is 1. The van der Waals surface area contributed by atoms with Gasteiger partial charge in [-0.15, -0.1) is 0 Å². The standard InChI is InChI=1S/C31H53NO4/c1-19(2)10-8-11-20(3)24-13-14-25-23-18-28(36-22(5)34)31(35)27(32-21(4)33)12-9-16-30(31,7)26(23)15-17-29(24,25)6/h19-20,23-28,35H,8-18H2,1-7H3,(H,32,33)/t20-,23-,24+,25-,26-,27-,28-,29-,30-,31-/m1/s1. The molecule has 0 aromatic heterocycles. The molecule has 0 aliphatic heterocycles. The summed E-state index contributed by atoms with van der Waals surface area (Å²) in [6.45, 7) is 14.9. The van der Waals surface area contributed by atoms with E-state index in [1.54, 1.807) is 0 Å². The van der Waals surface area contributed by atoms with Crippen LogP contribution in [0.5, 0.6) is 0 Å². The predicted molar refractivity (Wildman–Crippen MR) is 143 cm³/mol. The highest BCUT2D eigenvalue weighted by molar-refractivity contribution is 5.73. The van der Waals surface area contributed by atoms with Crippen molar-refractivity contribution in [1.82, 2.24) is 5.32 Å². The number of ether oxygens (including phenoxy) is 1. The third-order valence-corrected chi connectivity index (χ3v) is 11.8. The molecular weight excluding hydrogens is 450 g/mol. The largest absolute Gasteiger partial charge is 0.459 e. The number of hydrogen-bond donors (Lipinski definition) is 2. The van der Waals surface area contributed by atoms with Crippen molar-refractivity contribution in [3.8, 4) is 0 Å². The van der Waals surface area contributed by atoms with Crippen molar-refractivity contribution in [2.45, 2.75) is 137 Å². The molecule has 5 nitrogen and oxygen atoms in total. The molecule has 36 heavy (non-hydrogen) atoms. The Kier molecular flexibility index (Phi) is 7.93. The van der Waals surface area contributed by atoms with Gasteiger partial charge in [0.05, 0.1) is 6.04 Å². The number of fused-ring (bicyclic) bond motifs is 5. The van der Waals surface area contributed by atoms with Gasteiger partial charge in [0.25, 0.3) is 0 Å². The normalized spacial score (nSPS) is 44.8. The summed E-state index contributed by atoms with van der Waals surface area (Å²) in [6, 6.07) is -0.371. The quantitative estimate of drug-likeness (QED) is 0.402. The SMILES string of the molecule is CC(=O)N[C@@H]1CCC[C@]2(C)[C@@H]3CC[C@@]4(C)[C@H](CC[C@H]4[C@H](C)CCCC(C)C)[C@H]3C[C@@H](OC(C)=O)[C@]12O. The van der Waals surface area contributed by atoms with Crippen molar-refractivity contribution in [2.75, 3.05) is 0 Å². The van der Waals surface area contributed by atoms with E-state index in [-0.39, 0.29) is 23.3 Å². The topological polar surface area (TPSA) is 75.6 Å². The summed E-state index contributed by atoms with van der Waals surface area (Å²) in [5.41, 5.74) is -1.26. The summed E-state index contributed by atoms with van der Waals surface area (Å²) in [4.78, 5) is 24.4. The number of hydrogen-bond acceptors (Lipinski definition) is 4.